The molecule has 0 aliphatic carbocycles. The first-order valence-corrected chi connectivity index (χ1v) is 5.97. The number of hydrogen-bond acceptors (Lipinski definition) is 3. The number of rotatable bonds is 4. The molecule has 3 N–H and O–H groups in total. The Labute approximate surface area is 112 Å². The number of pyridine rings is 1. The Hall–Kier alpha value is -2.11. The van der Waals surface area contributed by atoms with E-state index in [1.54, 1.807) is 45.3 Å². The first-order chi connectivity index (χ1) is 8.80. The van der Waals surface area contributed by atoms with Gasteiger partial charge in [-0.05, 0) is 23.1 Å². The van der Waals surface area contributed by atoms with Crippen molar-refractivity contribution in [1.82, 2.24) is 15.6 Å². The van der Waals surface area contributed by atoms with Crippen molar-refractivity contribution in [2.24, 2.45) is 5.41 Å². The molecule has 19 heavy (non-hydrogen) atoms. The first kappa shape index (κ1) is 14.9. The lowest BCUT2D eigenvalue weighted by Gasteiger charge is -2.27. The van der Waals surface area contributed by atoms with Crippen LogP contribution < -0.4 is 10.6 Å². The highest BCUT2D eigenvalue weighted by Crippen LogP contribution is 2.19. The quantitative estimate of drug-likeness (QED) is 0.767. The van der Waals surface area contributed by atoms with Crippen LogP contribution in [0.1, 0.15) is 26.3 Å². The van der Waals surface area contributed by atoms with Crippen LogP contribution in [0.15, 0.2) is 24.5 Å². The summed E-state index contributed by atoms with van der Waals surface area (Å²) in [7, 11) is 0. The van der Waals surface area contributed by atoms with E-state index in [9.17, 15) is 9.59 Å². The van der Waals surface area contributed by atoms with Crippen molar-refractivity contribution in [3.05, 3.63) is 30.1 Å². The molecule has 0 aliphatic rings. The summed E-state index contributed by atoms with van der Waals surface area (Å²) in [4.78, 5) is 26.7. The van der Waals surface area contributed by atoms with Gasteiger partial charge < -0.3 is 15.7 Å². The summed E-state index contributed by atoms with van der Waals surface area (Å²) in [5, 5.41) is 14.2. The van der Waals surface area contributed by atoms with Crippen molar-refractivity contribution < 1.29 is 14.7 Å². The lowest BCUT2D eigenvalue weighted by Crippen LogP contribution is -2.52. The van der Waals surface area contributed by atoms with Gasteiger partial charge in [-0.3, -0.25) is 4.98 Å². The molecule has 0 aromatic carbocycles. The zero-order valence-corrected chi connectivity index (χ0v) is 11.3. The molecular weight excluding hydrogens is 246 g/mol. The number of aliphatic carboxylic acids is 1. The summed E-state index contributed by atoms with van der Waals surface area (Å²) in [6.07, 6.45) is 3.26. The molecule has 0 fully saturated rings. The summed E-state index contributed by atoms with van der Waals surface area (Å²) in [6, 6.07) is 2.11. The van der Waals surface area contributed by atoms with Gasteiger partial charge in [0.1, 0.15) is 6.04 Å². The third kappa shape index (κ3) is 4.95. The average molecular weight is 265 g/mol. The van der Waals surface area contributed by atoms with Gasteiger partial charge in [-0.1, -0.05) is 20.8 Å². The molecule has 2 amide bonds. The van der Waals surface area contributed by atoms with E-state index < -0.39 is 23.5 Å². The lowest BCUT2D eigenvalue weighted by molar-refractivity contribution is -0.141. The lowest BCUT2D eigenvalue weighted by atomic mass is 9.87. The van der Waals surface area contributed by atoms with E-state index in [1.165, 1.54) is 0 Å². The minimum Gasteiger partial charge on any atom is -0.480 e. The fraction of sp³-hybridized carbons (Fsp3) is 0.462. The molecule has 0 spiro atoms. The zero-order valence-electron chi connectivity index (χ0n) is 11.3. The molecule has 104 valence electrons. The number of urea groups is 1. The van der Waals surface area contributed by atoms with Gasteiger partial charge in [0.25, 0.3) is 0 Å². The van der Waals surface area contributed by atoms with Crippen molar-refractivity contribution in [1.29, 1.82) is 0 Å². The number of carboxylic acids is 1. The molecule has 1 rings (SSSR count). The van der Waals surface area contributed by atoms with Crippen LogP contribution in [0.25, 0.3) is 0 Å². The van der Waals surface area contributed by atoms with E-state index in [0.717, 1.165) is 5.56 Å². The highest BCUT2D eigenvalue weighted by atomic mass is 16.4. The summed E-state index contributed by atoms with van der Waals surface area (Å²) < 4.78 is 0. The number of hydrogen-bond donors (Lipinski definition) is 3. The van der Waals surface area contributed by atoms with Crippen LogP contribution in [-0.2, 0) is 11.3 Å². The summed E-state index contributed by atoms with van der Waals surface area (Å²) >= 11 is 0. The van der Waals surface area contributed by atoms with Crippen LogP contribution >= 0.6 is 0 Å². The Morgan fingerprint density at radius 1 is 1.32 bits per heavy atom. The second-order valence-electron chi connectivity index (χ2n) is 5.32. The molecule has 0 aliphatic heterocycles. The fourth-order valence-electron chi connectivity index (χ4n) is 1.51. The van der Waals surface area contributed by atoms with Gasteiger partial charge >= 0.3 is 12.0 Å². The maximum atomic E-state index is 11.7. The molecule has 1 atom stereocenters. The second-order valence-corrected chi connectivity index (χ2v) is 5.32. The fourth-order valence-corrected chi connectivity index (χ4v) is 1.51. The van der Waals surface area contributed by atoms with Gasteiger partial charge in [0.05, 0.1) is 0 Å². The smallest absolute Gasteiger partial charge is 0.326 e. The SMILES string of the molecule is CC(C)(C)C(NC(=O)NCc1ccncc1)C(=O)O. The number of aromatic nitrogens is 1. The number of carboxylic acid groups (broad SMARTS) is 1. The van der Waals surface area contributed by atoms with Crippen LogP contribution in [0.3, 0.4) is 0 Å². The third-order valence-corrected chi connectivity index (χ3v) is 2.59. The van der Waals surface area contributed by atoms with E-state index in [-0.39, 0.29) is 0 Å². The Morgan fingerprint density at radius 2 is 1.89 bits per heavy atom. The van der Waals surface area contributed by atoms with Crippen molar-refractivity contribution in [2.75, 3.05) is 0 Å². The Kier molecular flexibility index (Phi) is 4.86. The molecule has 1 unspecified atom stereocenters. The molecule has 0 radical (unpaired) electrons. The molecule has 1 aromatic heterocycles. The largest absolute Gasteiger partial charge is 0.480 e. The number of amides is 2. The van der Waals surface area contributed by atoms with Crippen molar-refractivity contribution in [3.63, 3.8) is 0 Å². The zero-order chi connectivity index (χ0) is 14.5. The number of nitrogens with zero attached hydrogens (tertiary/aromatic N) is 1. The molecule has 0 bridgehead atoms. The number of carbonyl (C=O) groups excluding carboxylic acids is 1. The highest BCUT2D eigenvalue weighted by molar-refractivity contribution is 5.83. The van der Waals surface area contributed by atoms with E-state index in [4.69, 9.17) is 5.11 Å². The van der Waals surface area contributed by atoms with Gasteiger partial charge in [0.15, 0.2) is 0 Å². The third-order valence-electron chi connectivity index (χ3n) is 2.59. The van der Waals surface area contributed by atoms with Gasteiger partial charge in [-0.2, -0.15) is 0 Å². The predicted molar refractivity (Wildman–Crippen MR) is 70.5 cm³/mol. The monoisotopic (exact) mass is 265 g/mol. The van der Waals surface area contributed by atoms with Crippen molar-refractivity contribution in [2.45, 2.75) is 33.4 Å². The standard InChI is InChI=1S/C13H19N3O3/c1-13(2,3)10(11(17)18)16-12(19)15-8-9-4-6-14-7-5-9/h4-7,10H,8H2,1-3H3,(H,17,18)(H2,15,16,19). The predicted octanol–water partition coefficient (Wildman–Crippen LogP) is 1.38. The van der Waals surface area contributed by atoms with Crippen molar-refractivity contribution >= 4 is 12.0 Å². The Morgan fingerprint density at radius 3 is 2.37 bits per heavy atom. The molecule has 0 saturated heterocycles. The van der Waals surface area contributed by atoms with E-state index in [2.05, 4.69) is 15.6 Å². The van der Waals surface area contributed by atoms with Gasteiger partial charge in [-0.15, -0.1) is 0 Å². The molecule has 0 saturated carbocycles. The summed E-state index contributed by atoms with van der Waals surface area (Å²) in [5.41, 5.74) is 0.340. The minimum atomic E-state index is -1.05. The summed E-state index contributed by atoms with van der Waals surface area (Å²) in [5.74, 6) is -1.05. The maximum Gasteiger partial charge on any atom is 0.326 e. The van der Waals surface area contributed by atoms with Gasteiger partial charge in [0.2, 0.25) is 0 Å². The van der Waals surface area contributed by atoms with Gasteiger partial charge in [0, 0.05) is 18.9 Å². The van der Waals surface area contributed by atoms with E-state index in [0.29, 0.717) is 6.54 Å². The minimum absolute atomic E-state index is 0.324. The normalized spacial score (nSPS) is 12.6. The van der Waals surface area contributed by atoms with E-state index in [1.807, 2.05) is 0 Å². The highest BCUT2D eigenvalue weighted by Gasteiger charge is 2.32. The van der Waals surface area contributed by atoms with Crippen LogP contribution in [0, 0.1) is 5.41 Å². The number of carbonyl (C=O) groups is 2. The number of nitrogens with one attached hydrogen (secondary N) is 2. The molecular formula is C13H19N3O3. The van der Waals surface area contributed by atoms with Crippen LogP contribution in [-0.4, -0.2) is 28.1 Å². The second kappa shape index (κ2) is 6.17. The molecule has 6 heteroatoms. The maximum absolute atomic E-state index is 11.7. The van der Waals surface area contributed by atoms with E-state index >= 15 is 0 Å². The molecule has 6 nitrogen and oxygen atoms in total. The first-order valence-electron chi connectivity index (χ1n) is 5.97. The molecule has 1 heterocycles. The van der Waals surface area contributed by atoms with Gasteiger partial charge in [-0.25, -0.2) is 9.59 Å². The van der Waals surface area contributed by atoms with Crippen molar-refractivity contribution in [3.8, 4) is 0 Å². The molecule has 1 aromatic rings. The van der Waals surface area contributed by atoms with Crippen LogP contribution in [0.2, 0.25) is 0 Å². The average Bonchev–Trinajstić information content (AvgIpc) is 2.33. The summed E-state index contributed by atoms with van der Waals surface area (Å²) in [6.45, 7) is 5.60. The Balaban J connectivity index is 2.52. The van der Waals surface area contributed by atoms with Crippen LogP contribution in [0.5, 0.6) is 0 Å². The topological polar surface area (TPSA) is 91.3 Å². The van der Waals surface area contributed by atoms with Crippen LogP contribution in [0.4, 0.5) is 4.79 Å². The Bertz CT molecular complexity index is 440.